The summed E-state index contributed by atoms with van der Waals surface area (Å²) in [6, 6.07) is 6.03. The van der Waals surface area contributed by atoms with E-state index in [1.165, 1.54) is 11.6 Å². The lowest BCUT2D eigenvalue weighted by molar-refractivity contribution is -0.137. The summed E-state index contributed by atoms with van der Waals surface area (Å²) >= 11 is 0. The zero-order chi connectivity index (χ0) is 14.3. The molecule has 1 aromatic carbocycles. The second-order valence-electron chi connectivity index (χ2n) is 4.48. The molecule has 0 fully saturated rings. The van der Waals surface area contributed by atoms with E-state index in [2.05, 4.69) is 11.4 Å². The van der Waals surface area contributed by atoms with Crippen LogP contribution in [0, 0.1) is 13.8 Å². The molecule has 0 aromatic heterocycles. The summed E-state index contributed by atoms with van der Waals surface area (Å²) in [5.74, 6) is -1.05. The Balaban J connectivity index is 2.43. The number of nitrogens with one attached hydrogen (secondary N) is 1. The Morgan fingerprint density at radius 2 is 2.05 bits per heavy atom. The number of aliphatic carboxylic acids is 1. The van der Waals surface area contributed by atoms with E-state index in [-0.39, 0.29) is 12.3 Å². The lowest BCUT2D eigenvalue weighted by atomic mass is 10.1. The maximum Gasteiger partial charge on any atom is 0.303 e. The molecule has 4 nitrogen and oxygen atoms in total. The molecule has 4 heteroatoms. The Morgan fingerprint density at radius 1 is 1.32 bits per heavy atom. The number of benzene rings is 1. The van der Waals surface area contributed by atoms with E-state index in [0.717, 1.165) is 11.1 Å². The van der Waals surface area contributed by atoms with Crippen LogP contribution in [0.3, 0.4) is 0 Å². The van der Waals surface area contributed by atoms with Gasteiger partial charge in [-0.05, 0) is 37.5 Å². The van der Waals surface area contributed by atoms with Gasteiger partial charge in [0.15, 0.2) is 0 Å². The Labute approximate surface area is 113 Å². The fraction of sp³-hybridized carbons (Fsp3) is 0.333. The molecule has 1 amide bonds. The predicted octanol–water partition coefficient (Wildman–Crippen LogP) is 2.30. The van der Waals surface area contributed by atoms with Crippen LogP contribution in [0.25, 0.3) is 6.08 Å². The van der Waals surface area contributed by atoms with E-state index in [1.54, 1.807) is 6.08 Å². The van der Waals surface area contributed by atoms with Crippen LogP contribution in [0.15, 0.2) is 24.3 Å². The van der Waals surface area contributed by atoms with Gasteiger partial charge in [0.2, 0.25) is 5.91 Å². The average Bonchev–Trinajstić information content (AvgIpc) is 2.33. The average molecular weight is 261 g/mol. The molecule has 0 unspecified atom stereocenters. The van der Waals surface area contributed by atoms with Crippen LogP contribution >= 0.6 is 0 Å². The van der Waals surface area contributed by atoms with Crippen LogP contribution in [0.1, 0.15) is 29.5 Å². The SMILES string of the molecule is Cc1ccc(/C=C/C(=O)NCCCC(=O)O)c(C)c1. The van der Waals surface area contributed by atoms with E-state index < -0.39 is 5.97 Å². The third-order valence-electron chi connectivity index (χ3n) is 2.71. The van der Waals surface area contributed by atoms with Crippen LogP contribution in [0.4, 0.5) is 0 Å². The molecule has 102 valence electrons. The van der Waals surface area contributed by atoms with E-state index in [0.29, 0.717) is 13.0 Å². The quantitative estimate of drug-likeness (QED) is 0.610. The van der Waals surface area contributed by atoms with Gasteiger partial charge in [-0.3, -0.25) is 9.59 Å². The molecule has 0 aliphatic rings. The molecular formula is C15H19NO3. The Bertz CT molecular complexity index is 492. The van der Waals surface area contributed by atoms with Crippen molar-refractivity contribution in [3.63, 3.8) is 0 Å². The first kappa shape index (κ1) is 15.0. The second-order valence-corrected chi connectivity index (χ2v) is 4.48. The third kappa shape index (κ3) is 5.86. The van der Waals surface area contributed by atoms with Crippen LogP contribution in [-0.2, 0) is 9.59 Å². The van der Waals surface area contributed by atoms with Gasteiger partial charge in [-0.25, -0.2) is 0 Å². The standard InChI is InChI=1S/C15H19NO3/c1-11-5-6-13(12(2)10-11)7-8-14(17)16-9-3-4-15(18)19/h5-8,10H,3-4,9H2,1-2H3,(H,16,17)(H,18,19)/b8-7+. The molecule has 0 radical (unpaired) electrons. The van der Waals surface area contributed by atoms with Gasteiger partial charge in [0.05, 0.1) is 0 Å². The lowest BCUT2D eigenvalue weighted by Gasteiger charge is -2.02. The molecule has 1 rings (SSSR count). The molecular weight excluding hydrogens is 242 g/mol. The monoisotopic (exact) mass is 261 g/mol. The third-order valence-corrected chi connectivity index (χ3v) is 2.71. The topological polar surface area (TPSA) is 66.4 Å². The fourth-order valence-corrected chi connectivity index (χ4v) is 1.69. The van der Waals surface area contributed by atoms with Gasteiger partial charge in [-0.15, -0.1) is 0 Å². The highest BCUT2D eigenvalue weighted by Crippen LogP contribution is 2.11. The molecule has 0 atom stereocenters. The van der Waals surface area contributed by atoms with Gasteiger partial charge >= 0.3 is 5.97 Å². The number of aryl methyl sites for hydroxylation is 2. The van der Waals surface area contributed by atoms with Crippen molar-refractivity contribution in [2.45, 2.75) is 26.7 Å². The summed E-state index contributed by atoms with van der Waals surface area (Å²) in [4.78, 5) is 21.8. The van der Waals surface area contributed by atoms with Gasteiger partial charge < -0.3 is 10.4 Å². The molecule has 0 saturated carbocycles. The van der Waals surface area contributed by atoms with Gasteiger partial charge in [-0.1, -0.05) is 23.8 Å². The van der Waals surface area contributed by atoms with Crippen molar-refractivity contribution in [3.05, 3.63) is 41.0 Å². The van der Waals surface area contributed by atoms with E-state index in [4.69, 9.17) is 5.11 Å². The second kappa shape index (κ2) is 7.36. The Hall–Kier alpha value is -2.10. The number of hydrogen-bond acceptors (Lipinski definition) is 2. The summed E-state index contributed by atoms with van der Waals surface area (Å²) in [6.45, 7) is 4.40. The van der Waals surface area contributed by atoms with Crippen LogP contribution in [0.5, 0.6) is 0 Å². The maximum absolute atomic E-state index is 11.5. The minimum Gasteiger partial charge on any atom is -0.481 e. The van der Waals surface area contributed by atoms with Gasteiger partial charge in [0.25, 0.3) is 0 Å². The Kier molecular flexibility index (Phi) is 5.79. The van der Waals surface area contributed by atoms with Crippen molar-refractivity contribution in [1.82, 2.24) is 5.32 Å². The fourth-order valence-electron chi connectivity index (χ4n) is 1.69. The molecule has 0 aliphatic carbocycles. The molecule has 1 aromatic rings. The van der Waals surface area contributed by atoms with E-state index >= 15 is 0 Å². The number of hydrogen-bond donors (Lipinski definition) is 2. The van der Waals surface area contributed by atoms with Gasteiger partial charge in [-0.2, -0.15) is 0 Å². The molecule has 0 bridgehead atoms. The number of carboxylic acid groups (broad SMARTS) is 1. The minimum absolute atomic E-state index is 0.0705. The summed E-state index contributed by atoms with van der Waals surface area (Å²) in [7, 11) is 0. The van der Waals surface area contributed by atoms with Crippen LogP contribution < -0.4 is 5.32 Å². The van der Waals surface area contributed by atoms with Crippen molar-refractivity contribution in [3.8, 4) is 0 Å². The van der Waals surface area contributed by atoms with Gasteiger partial charge in [0, 0.05) is 19.0 Å². The number of carboxylic acids is 1. The number of carbonyl (C=O) groups is 2. The van der Waals surface area contributed by atoms with E-state index in [1.807, 2.05) is 26.0 Å². The highest BCUT2D eigenvalue weighted by atomic mass is 16.4. The minimum atomic E-state index is -0.847. The molecule has 2 N–H and O–H groups in total. The van der Waals surface area contributed by atoms with Crippen LogP contribution in [-0.4, -0.2) is 23.5 Å². The van der Waals surface area contributed by atoms with Crippen LogP contribution in [0.2, 0.25) is 0 Å². The van der Waals surface area contributed by atoms with E-state index in [9.17, 15) is 9.59 Å². The Morgan fingerprint density at radius 3 is 2.68 bits per heavy atom. The summed E-state index contributed by atoms with van der Waals surface area (Å²) < 4.78 is 0. The molecule has 0 spiro atoms. The highest BCUT2D eigenvalue weighted by molar-refractivity contribution is 5.91. The number of carbonyl (C=O) groups excluding carboxylic acids is 1. The first-order chi connectivity index (χ1) is 8.99. The first-order valence-electron chi connectivity index (χ1n) is 6.24. The largest absolute Gasteiger partial charge is 0.481 e. The van der Waals surface area contributed by atoms with Crippen molar-refractivity contribution in [2.75, 3.05) is 6.54 Å². The summed E-state index contributed by atoms with van der Waals surface area (Å²) in [6.07, 6.45) is 3.75. The first-order valence-corrected chi connectivity index (χ1v) is 6.24. The predicted molar refractivity (Wildman–Crippen MR) is 74.8 cm³/mol. The van der Waals surface area contributed by atoms with Gasteiger partial charge in [0.1, 0.15) is 0 Å². The smallest absolute Gasteiger partial charge is 0.303 e. The van der Waals surface area contributed by atoms with Crippen molar-refractivity contribution in [2.24, 2.45) is 0 Å². The van der Waals surface area contributed by atoms with Crippen molar-refractivity contribution >= 4 is 18.0 Å². The number of amides is 1. The lowest BCUT2D eigenvalue weighted by Crippen LogP contribution is -2.22. The zero-order valence-electron chi connectivity index (χ0n) is 11.3. The molecule has 0 heterocycles. The highest BCUT2D eigenvalue weighted by Gasteiger charge is 1.99. The molecule has 19 heavy (non-hydrogen) atoms. The molecule has 0 saturated heterocycles. The van der Waals surface area contributed by atoms with Crippen molar-refractivity contribution < 1.29 is 14.7 Å². The summed E-state index contributed by atoms with van der Waals surface area (Å²) in [5, 5.41) is 11.1. The maximum atomic E-state index is 11.5. The normalized spacial score (nSPS) is 10.6. The molecule has 0 aliphatic heterocycles. The summed E-state index contributed by atoms with van der Waals surface area (Å²) in [5.41, 5.74) is 3.31. The number of rotatable bonds is 6. The van der Waals surface area contributed by atoms with Crippen molar-refractivity contribution in [1.29, 1.82) is 0 Å². The zero-order valence-corrected chi connectivity index (χ0v) is 11.3.